The molecule has 2 aromatic rings. The minimum absolute atomic E-state index is 0.0751. The van der Waals surface area contributed by atoms with Crippen LogP contribution in [0.2, 0.25) is 0 Å². The first-order valence-corrected chi connectivity index (χ1v) is 9.52. The fourth-order valence-electron chi connectivity index (χ4n) is 3.13. The molecule has 3 rings (SSSR count). The molecular weight excluding hydrogens is 306 g/mol. The number of piperidine rings is 1. The second kappa shape index (κ2) is 7.49. The van der Waals surface area contributed by atoms with E-state index in [2.05, 4.69) is 4.90 Å². The van der Waals surface area contributed by atoms with Gasteiger partial charge in [-0.05, 0) is 51.9 Å². The fourth-order valence-corrected chi connectivity index (χ4v) is 4.26. The summed E-state index contributed by atoms with van der Waals surface area (Å²) in [5.41, 5.74) is 0.876. The Kier molecular flexibility index (Phi) is 5.38. The van der Waals surface area contributed by atoms with E-state index in [1.807, 2.05) is 42.7 Å². The molecule has 23 heavy (non-hydrogen) atoms. The molecule has 0 atom stereocenters. The lowest BCUT2D eigenvalue weighted by molar-refractivity contribution is 0.242. The number of likely N-dealkylation sites (tertiary alicyclic amines) is 1. The molecule has 0 aliphatic carbocycles. The minimum Gasteiger partial charge on any atom is -0.303 e. The first kappa shape index (κ1) is 16.5. The topological polar surface area (TPSA) is 38.1 Å². The maximum absolute atomic E-state index is 12.8. The van der Waals surface area contributed by atoms with Crippen LogP contribution in [-0.2, 0) is 0 Å². The van der Waals surface area contributed by atoms with Crippen molar-refractivity contribution in [1.29, 1.82) is 0 Å². The van der Waals surface area contributed by atoms with Gasteiger partial charge in [-0.15, -0.1) is 0 Å². The van der Waals surface area contributed by atoms with Gasteiger partial charge in [0, 0.05) is 18.3 Å². The summed E-state index contributed by atoms with van der Waals surface area (Å²) < 4.78 is 1.84. The smallest absolute Gasteiger partial charge is 0.262 e. The first-order valence-electron chi connectivity index (χ1n) is 8.53. The van der Waals surface area contributed by atoms with Crippen LogP contribution >= 0.6 is 11.8 Å². The second-order valence-electron chi connectivity index (χ2n) is 6.43. The second-order valence-corrected chi connectivity index (χ2v) is 7.49. The van der Waals surface area contributed by atoms with Crippen molar-refractivity contribution in [2.45, 2.75) is 44.3 Å². The molecule has 1 aliphatic rings. The maximum Gasteiger partial charge on any atom is 0.262 e. The lowest BCUT2D eigenvalue weighted by Crippen LogP contribution is -2.32. The van der Waals surface area contributed by atoms with Gasteiger partial charge in [0.05, 0.1) is 10.9 Å². The highest BCUT2D eigenvalue weighted by molar-refractivity contribution is 7.99. The molecule has 2 heterocycles. The van der Waals surface area contributed by atoms with Gasteiger partial charge < -0.3 is 4.90 Å². The summed E-state index contributed by atoms with van der Waals surface area (Å²) in [4.78, 5) is 20.0. The number of hydrogen-bond acceptors (Lipinski definition) is 4. The van der Waals surface area contributed by atoms with E-state index >= 15 is 0 Å². The molecule has 0 unspecified atom stereocenters. The summed E-state index contributed by atoms with van der Waals surface area (Å²) >= 11 is 1.71. The van der Waals surface area contributed by atoms with E-state index in [-0.39, 0.29) is 11.6 Å². The van der Waals surface area contributed by atoms with Crippen molar-refractivity contribution in [1.82, 2.24) is 14.5 Å². The molecule has 5 heteroatoms. The predicted molar refractivity (Wildman–Crippen MR) is 97.4 cm³/mol. The zero-order chi connectivity index (χ0) is 16.2. The monoisotopic (exact) mass is 331 g/mol. The van der Waals surface area contributed by atoms with E-state index in [0.717, 1.165) is 23.0 Å². The molecule has 0 saturated carbocycles. The van der Waals surface area contributed by atoms with Crippen LogP contribution in [0.4, 0.5) is 0 Å². The summed E-state index contributed by atoms with van der Waals surface area (Å²) in [5.74, 6) is 0.984. The van der Waals surface area contributed by atoms with Gasteiger partial charge in [0.25, 0.3) is 5.56 Å². The molecule has 1 aliphatic heterocycles. The molecular formula is C18H25N3OS. The number of hydrogen-bond donors (Lipinski definition) is 0. The summed E-state index contributed by atoms with van der Waals surface area (Å²) in [6.07, 6.45) is 3.99. The third kappa shape index (κ3) is 3.78. The predicted octanol–water partition coefficient (Wildman–Crippen LogP) is 3.56. The van der Waals surface area contributed by atoms with Gasteiger partial charge in [0.1, 0.15) is 0 Å². The number of nitrogens with zero attached hydrogens (tertiary/aromatic N) is 3. The van der Waals surface area contributed by atoms with Crippen LogP contribution in [0.1, 0.15) is 39.2 Å². The Labute approximate surface area is 141 Å². The van der Waals surface area contributed by atoms with Crippen molar-refractivity contribution < 1.29 is 0 Å². The van der Waals surface area contributed by atoms with Crippen LogP contribution in [0.25, 0.3) is 10.9 Å². The van der Waals surface area contributed by atoms with Crippen molar-refractivity contribution >= 4 is 22.7 Å². The molecule has 1 aromatic heterocycles. The standard InChI is InChI=1S/C18H25N3OS/c1-14(2)21-17(22)15-8-4-5-9-16(15)19-18(21)23-13-12-20-10-6-3-7-11-20/h4-5,8-9,14H,3,6-7,10-13H2,1-2H3. The quantitative estimate of drug-likeness (QED) is 0.620. The summed E-state index contributed by atoms with van der Waals surface area (Å²) in [7, 11) is 0. The summed E-state index contributed by atoms with van der Waals surface area (Å²) in [6.45, 7) is 7.59. The average molecular weight is 331 g/mol. The van der Waals surface area contributed by atoms with Gasteiger partial charge in [-0.2, -0.15) is 0 Å². The number of aromatic nitrogens is 2. The molecule has 0 bridgehead atoms. The van der Waals surface area contributed by atoms with Crippen molar-refractivity contribution in [3.05, 3.63) is 34.6 Å². The van der Waals surface area contributed by atoms with Gasteiger partial charge in [-0.1, -0.05) is 30.3 Å². The Hall–Kier alpha value is -1.33. The number of para-hydroxylation sites is 1. The third-order valence-corrected chi connectivity index (χ3v) is 5.31. The third-order valence-electron chi connectivity index (χ3n) is 4.38. The largest absolute Gasteiger partial charge is 0.303 e. The van der Waals surface area contributed by atoms with E-state index in [4.69, 9.17) is 4.98 Å². The molecule has 1 saturated heterocycles. The Bertz CT molecular complexity index is 720. The number of rotatable bonds is 5. The van der Waals surface area contributed by atoms with Gasteiger partial charge in [0.15, 0.2) is 5.16 Å². The highest BCUT2D eigenvalue weighted by Gasteiger charge is 2.15. The highest BCUT2D eigenvalue weighted by atomic mass is 32.2. The SMILES string of the molecule is CC(C)n1c(SCCN2CCCCC2)nc2ccccc2c1=O. The Morgan fingerprint density at radius 3 is 2.65 bits per heavy atom. The molecule has 4 nitrogen and oxygen atoms in total. The maximum atomic E-state index is 12.8. The van der Waals surface area contributed by atoms with E-state index < -0.39 is 0 Å². The molecule has 0 radical (unpaired) electrons. The molecule has 0 amide bonds. The van der Waals surface area contributed by atoms with Crippen LogP contribution < -0.4 is 5.56 Å². The van der Waals surface area contributed by atoms with Crippen molar-refractivity contribution in [2.24, 2.45) is 0 Å². The Balaban J connectivity index is 1.81. The van der Waals surface area contributed by atoms with Crippen LogP contribution in [-0.4, -0.2) is 39.8 Å². The zero-order valence-corrected chi connectivity index (χ0v) is 14.8. The number of thioether (sulfide) groups is 1. The normalized spacial score (nSPS) is 16.3. The van der Waals surface area contributed by atoms with E-state index in [0.29, 0.717) is 5.39 Å². The van der Waals surface area contributed by atoms with Gasteiger partial charge in [0.2, 0.25) is 0 Å². The minimum atomic E-state index is 0.0751. The molecule has 1 aromatic carbocycles. The lowest BCUT2D eigenvalue weighted by atomic mass is 10.1. The van der Waals surface area contributed by atoms with Gasteiger partial charge in [-0.3, -0.25) is 9.36 Å². The average Bonchev–Trinajstić information content (AvgIpc) is 2.55. The highest BCUT2D eigenvalue weighted by Crippen LogP contribution is 2.21. The van der Waals surface area contributed by atoms with E-state index in [1.54, 1.807) is 11.8 Å². The van der Waals surface area contributed by atoms with Crippen LogP contribution in [0.5, 0.6) is 0 Å². The van der Waals surface area contributed by atoms with Crippen LogP contribution in [0.3, 0.4) is 0 Å². The summed E-state index contributed by atoms with van der Waals surface area (Å²) in [6, 6.07) is 7.76. The zero-order valence-electron chi connectivity index (χ0n) is 14.0. The molecule has 0 spiro atoms. The van der Waals surface area contributed by atoms with Crippen molar-refractivity contribution in [3.8, 4) is 0 Å². The number of fused-ring (bicyclic) bond motifs is 1. The molecule has 124 valence electrons. The van der Waals surface area contributed by atoms with Gasteiger partial charge >= 0.3 is 0 Å². The number of benzene rings is 1. The van der Waals surface area contributed by atoms with E-state index in [9.17, 15) is 4.79 Å². The first-order chi connectivity index (χ1) is 11.2. The van der Waals surface area contributed by atoms with Crippen molar-refractivity contribution in [3.63, 3.8) is 0 Å². The summed E-state index contributed by atoms with van der Waals surface area (Å²) in [5, 5.41) is 1.56. The van der Waals surface area contributed by atoms with Gasteiger partial charge in [-0.25, -0.2) is 4.98 Å². The van der Waals surface area contributed by atoms with E-state index in [1.165, 1.54) is 32.4 Å². The van der Waals surface area contributed by atoms with Crippen LogP contribution in [0.15, 0.2) is 34.2 Å². The van der Waals surface area contributed by atoms with Crippen LogP contribution in [0, 0.1) is 0 Å². The Morgan fingerprint density at radius 1 is 1.17 bits per heavy atom. The van der Waals surface area contributed by atoms with Crippen molar-refractivity contribution in [2.75, 3.05) is 25.4 Å². The molecule has 0 N–H and O–H groups in total. The Morgan fingerprint density at radius 2 is 1.91 bits per heavy atom. The molecule has 1 fully saturated rings. The fraction of sp³-hybridized carbons (Fsp3) is 0.556. The lowest BCUT2D eigenvalue weighted by Gasteiger charge is -2.26.